The van der Waals surface area contributed by atoms with Crippen molar-refractivity contribution in [3.63, 3.8) is 0 Å². The Bertz CT molecular complexity index is 957. The highest BCUT2D eigenvalue weighted by Crippen LogP contribution is 2.42. The number of piperidine rings is 1. The van der Waals surface area contributed by atoms with Crippen molar-refractivity contribution in [2.45, 2.75) is 52.1 Å². The molecule has 2 aliphatic heterocycles. The van der Waals surface area contributed by atoms with Crippen LogP contribution < -0.4 is 10.1 Å². The van der Waals surface area contributed by atoms with E-state index in [9.17, 15) is 9.59 Å². The molecule has 2 saturated heterocycles. The zero-order chi connectivity index (χ0) is 24.1. The molecule has 192 valence electrons. The summed E-state index contributed by atoms with van der Waals surface area (Å²) in [6.07, 6.45) is 3.70. The van der Waals surface area contributed by atoms with Crippen molar-refractivity contribution < 1.29 is 14.3 Å². The minimum atomic E-state index is -0.192. The van der Waals surface area contributed by atoms with Crippen molar-refractivity contribution in [3.8, 4) is 5.75 Å². The van der Waals surface area contributed by atoms with Gasteiger partial charge in [0.05, 0.1) is 18.6 Å². The third-order valence-corrected chi connectivity index (χ3v) is 8.39. The van der Waals surface area contributed by atoms with E-state index in [-0.39, 0.29) is 35.7 Å². The maximum absolute atomic E-state index is 13.4. The van der Waals surface area contributed by atoms with Gasteiger partial charge >= 0.3 is 0 Å². The van der Waals surface area contributed by atoms with Crippen LogP contribution in [0.3, 0.4) is 0 Å². The Morgan fingerprint density at radius 1 is 1.11 bits per heavy atom. The van der Waals surface area contributed by atoms with E-state index in [2.05, 4.69) is 21.7 Å². The summed E-state index contributed by atoms with van der Waals surface area (Å²) < 4.78 is 5.24. The summed E-state index contributed by atoms with van der Waals surface area (Å²) in [6.45, 7) is 8.19. The van der Waals surface area contributed by atoms with Gasteiger partial charge in [-0.05, 0) is 67.9 Å². The number of likely N-dealkylation sites (tertiary alicyclic amines) is 2. The number of methoxy groups -OCH3 is 1. The number of rotatable bonds is 9. The lowest BCUT2D eigenvalue weighted by Gasteiger charge is -2.38. The molecule has 1 aromatic carbocycles. The highest BCUT2D eigenvalue weighted by molar-refractivity contribution is 7.10. The predicted molar refractivity (Wildman–Crippen MR) is 143 cm³/mol. The Balaban J connectivity index is 0.00000342. The smallest absolute Gasteiger partial charge is 0.229 e. The van der Waals surface area contributed by atoms with E-state index in [0.717, 1.165) is 63.2 Å². The average Bonchev–Trinajstić information content (AvgIpc) is 3.48. The quantitative estimate of drug-likeness (QED) is 0.512. The fourth-order valence-electron chi connectivity index (χ4n) is 5.09. The van der Waals surface area contributed by atoms with E-state index >= 15 is 0 Å². The lowest BCUT2D eigenvalue weighted by Crippen LogP contribution is -2.45. The van der Waals surface area contributed by atoms with Crippen LogP contribution in [0.4, 0.5) is 0 Å². The van der Waals surface area contributed by atoms with Crippen LogP contribution in [0.5, 0.6) is 5.75 Å². The maximum Gasteiger partial charge on any atom is 0.229 e. The molecule has 35 heavy (non-hydrogen) atoms. The normalized spacial score (nSPS) is 18.5. The number of ether oxygens (including phenoxy) is 1. The van der Waals surface area contributed by atoms with Gasteiger partial charge in [0.25, 0.3) is 0 Å². The van der Waals surface area contributed by atoms with Crippen LogP contribution in [0.1, 0.15) is 56.0 Å². The van der Waals surface area contributed by atoms with Crippen molar-refractivity contribution in [3.05, 3.63) is 52.2 Å². The number of nitrogens with one attached hydrogen (secondary N) is 1. The topological polar surface area (TPSA) is 61.9 Å². The molecule has 1 N–H and O–H groups in total. The molecular formula is C27H38ClN3O3S. The summed E-state index contributed by atoms with van der Waals surface area (Å²) in [5, 5.41) is 5.29. The minimum absolute atomic E-state index is 0. The Morgan fingerprint density at radius 3 is 2.40 bits per heavy atom. The summed E-state index contributed by atoms with van der Waals surface area (Å²) in [5.74, 6) is 1.24. The van der Waals surface area contributed by atoms with Crippen molar-refractivity contribution in [1.82, 2.24) is 15.1 Å². The van der Waals surface area contributed by atoms with Gasteiger partial charge in [-0.2, -0.15) is 0 Å². The molecule has 0 unspecified atom stereocenters. The van der Waals surface area contributed by atoms with Crippen LogP contribution in [0.25, 0.3) is 0 Å². The minimum Gasteiger partial charge on any atom is -0.497 e. The number of carbonyl (C=O) groups is 2. The van der Waals surface area contributed by atoms with E-state index in [1.165, 1.54) is 4.88 Å². The predicted octanol–water partition coefficient (Wildman–Crippen LogP) is 4.90. The van der Waals surface area contributed by atoms with Gasteiger partial charge in [0.1, 0.15) is 5.75 Å². The summed E-state index contributed by atoms with van der Waals surface area (Å²) in [6, 6.07) is 12.2. The molecule has 0 aliphatic carbocycles. The molecule has 8 heteroatoms. The maximum atomic E-state index is 13.4. The van der Waals surface area contributed by atoms with Crippen LogP contribution in [0.15, 0.2) is 41.8 Å². The Morgan fingerprint density at radius 2 is 1.80 bits per heavy atom. The first-order chi connectivity index (χ1) is 16.4. The van der Waals surface area contributed by atoms with Crippen LogP contribution in [-0.4, -0.2) is 54.9 Å². The number of hydrogen-bond acceptors (Lipinski definition) is 5. The molecular weight excluding hydrogens is 482 g/mol. The van der Waals surface area contributed by atoms with E-state index < -0.39 is 0 Å². The molecule has 4 rings (SSSR count). The number of benzene rings is 1. The molecule has 0 bridgehead atoms. The zero-order valence-corrected chi connectivity index (χ0v) is 22.6. The van der Waals surface area contributed by atoms with Gasteiger partial charge < -0.3 is 19.9 Å². The molecule has 2 fully saturated rings. The molecule has 6 nitrogen and oxygen atoms in total. The summed E-state index contributed by atoms with van der Waals surface area (Å²) >= 11 is 1.70. The second kappa shape index (κ2) is 12.2. The van der Waals surface area contributed by atoms with Gasteiger partial charge in [-0.15, -0.1) is 23.7 Å². The third-order valence-electron chi connectivity index (χ3n) is 7.41. The van der Waals surface area contributed by atoms with Gasteiger partial charge in [-0.1, -0.05) is 32.0 Å². The Hall–Kier alpha value is -2.09. The second-order valence-electron chi connectivity index (χ2n) is 9.97. The van der Waals surface area contributed by atoms with Crippen LogP contribution in [-0.2, 0) is 16.1 Å². The standard InChI is InChI=1S/C27H37N3O3S.ClH/c1-20(2)25(31)28-23(24-5-4-18-34-24)10-14-29-15-11-27(12-16-29)13-17-30(26(27)32)19-21-6-8-22(33-3)9-7-21;/h4-9,18,20,23H,10-17,19H2,1-3H3,(H,28,31);1H/t23-;/m0./s1. The number of hydrogen-bond donors (Lipinski definition) is 1. The van der Waals surface area contributed by atoms with Gasteiger partial charge in [0, 0.05) is 30.4 Å². The number of amides is 2. The van der Waals surface area contributed by atoms with E-state index in [4.69, 9.17) is 4.74 Å². The summed E-state index contributed by atoms with van der Waals surface area (Å²) in [5.41, 5.74) is 0.953. The van der Waals surface area contributed by atoms with Gasteiger partial charge in [-0.3, -0.25) is 9.59 Å². The van der Waals surface area contributed by atoms with Gasteiger partial charge in [0.15, 0.2) is 0 Å². The van der Waals surface area contributed by atoms with Gasteiger partial charge in [0.2, 0.25) is 11.8 Å². The average molecular weight is 520 g/mol. The first-order valence-corrected chi connectivity index (χ1v) is 13.3. The molecule has 0 radical (unpaired) electrons. The number of halogens is 1. The largest absolute Gasteiger partial charge is 0.497 e. The summed E-state index contributed by atoms with van der Waals surface area (Å²) in [4.78, 5) is 31.4. The second-order valence-corrected chi connectivity index (χ2v) is 10.9. The molecule has 1 spiro atoms. The fraction of sp³-hybridized carbons (Fsp3) is 0.556. The van der Waals surface area contributed by atoms with E-state index in [1.807, 2.05) is 49.1 Å². The molecule has 3 heterocycles. The highest BCUT2D eigenvalue weighted by Gasteiger charge is 2.47. The van der Waals surface area contributed by atoms with Crippen LogP contribution in [0, 0.1) is 11.3 Å². The van der Waals surface area contributed by atoms with Crippen molar-refractivity contribution in [1.29, 1.82) is 0 Å². The first kappa shape index (κ1) is 27.5. The fourth-order valence-corrected chi connectivity index (χ4v) is 5.90. The molecule has 2 aromatic rings. The molecule has 1 aromatic heterocycles. The summed E-state index contributed by atoms with van der Waals surface area (Å²) in [7, 11) is 1.67. The van der Waals surface area contributed by atoms with Crippen molar-refractivity contribution in [2.75, 3.05) is 33.3 Å². The highest BCUT2D eigenvalue weighted by atomic mass is 35.5. The zero-order valence-electron chi connectivity index (χ0n) is 21.0. The molecule has 0 saturated carbocycles. The first-order valence-electron chi connectivity index (χ1n) is 12.4. The van der Waals surface area contributed by atoms with Crippen molar-refractivity contribution >= 4 is 35.6 Å². The lowest BCUT2D eigenvalue weighted by molar-refractivity contribution is -0.139. The monoisotopic (exact) mass is 519 g/mol. The van der Waals surface area contributed by atoms with Gasteiger partial charge in [-0.25, -0.2) is 0 Å². The molecule has 1 atom stereocenters. The number of nitrogens with zero attached hydrogens (tertiary/aromatic N) is 2. The van der Waals surface area contributed by atoms with E-state index in [0.29, 0.717) is 12.5 Å². The Kier molecular flexibility index (Phi) is 9.62. The number of carbonyl (C=O) groups excluding carboxylic acids is 2. The van der Waals surface area contributed by atoms with Crippen LogP contribution in [0.2, 0.25) is 0 Å². The SMILES string of the molecule is COc1ccc(CN2CCC3(CCN(CC[C@H](NC(=O)C(C)C)c4cccs4)CC3)C2=O)cc1.Cl. The Labute approximate surface area is 219 Å². The van der Waals surface area contributed by atoms with E-state index in [1.54, 1.807) is 18.4 Å². The van der Waals surface area contributed by atoms with Crippen LogP contribution >= 0.6 is 23.7 Å². The number of thiophene rings is 1. The lowest BCUT2D eigenvalue weighted by atomic mass is 9.77. The third kappa shape index (κ3) is 6.57. The molecule has 2 amide bonds. The molecule has 2 aliphatic rings. The van der Waals surface area contributed by atoms with Crippen molar-refractivity contribution in [2.24, 2.45) is 11.3 Å².